The summed E-state index contributed by atoms with van der Waals surface area (Å²) in [6.45, 7) is 88.3. The Morgan fingerprint density at radius 1 is 0.462 bits per heavy atom. The van der Waals surface area contributed by atoms with Crippen molar-refractivity contribution in [3.05, 3.63) is 245 Å². The Hall–Kier alpha value is -10.0. The third-order valence-electron chi connectivity index (χ3n) is 16.2. The summed E-state index contributed by atoms with van der Waals surface area (Å²) in [5.74, 6) is 4.81. The summed E-state index contributed by atoms with van der Waals surface area (Å²) < 4.78 is 21.3. The van der Waals surface area contributed by atoms with Gasteiger partial charge in [-0.1, -0.05) is 303 Å². The number of benzene rings is 2. The van der Waals surface area contributed by atoms with Crippen LogP contribution in [0.25, 0.3) is 10.9 Å². The topological polar surface area (TPSA) is 364 Å². The van der Waals surface area contributed by atoms with E-state index in [0.717, 1.165) is 44.1 Å². The van der Waals surface area contributed by atoms with Crippen molar-refractivity contribution in [3.8, 4) is 11.5 Å². The minimum absolute atomic E-state index is 0. The second-order valence-corrected chi connectivity index (χ2v) is 44.0. The summed E-state index contributed by atoms with van der Waals surface area (Å²) in [4.78, 5) is 108. The number of anilines is 2. The summed E-state index contributed by atoms with van der Waals surface area (Å²) in [6, 6.07) is 39.5. The maximum Gasteiger partial charge on any atom is 0.282 e. The first-order chi connectivity index (χ1) is 65.2. The minimum Gasteiger partial charge on any atom is -0.505 e. The Balaban J connectivity index is -0.000000145. The number of nitrogen functional groups attached to an aromatic ring is 1. The van der Waals surface area contributed by atoms with Crippen molar-refractivity contribution in [2.45, 2.75) is 360 Å². The quantitative estimate of drug-likeness (QED) is 0.0230. The molecule has 2 aromatic carbocycles. The van der Waals surface area contributed by atoms with Gasteiger partial charge < -0.3 is 60.2 Å². The first-order valence-corrected chi connectivity index (χ1v) is 53.1. The van der Waals surface area contributed by atoms with Crippen LogP contribution in [0.3, 0.4) is 0 Å². The molecule has 0 saturated heterocycles. The van der Waals surface area contributed by atoms with E-state index in [9.17, 15) is 52.8 Å². The average molecular weight is 2090 g/mol. The average Bonchev–Trinajstić information content (AvgIpc) is 0.844. The van der Waals surface area contributed by atoms with Crippen molar-refractivity contribution in [2.24, 2.45) is 47.3 Å². The number of carbonyl (C=O) groups is 6. The lowest BCUT2D eigenvalue weighted by Crippen LogP contribution is -2.29. The molecule has 2 amide bonds. The van der Waals surface area contributed by atoms with Gasteiger partial charge in [-0.15, -0.1) is 0 Å². The number of thioether (sulfide) groups is 1. The predicted octanol–water partition coefficient (Wildman–Crippen LogP) is 30.3. The maximum absolute atomic E-state index is 11.4. The van der Waals surface area contributed by atoms with Crippen molar-refractivity contribution >= 4 is 112 Å². The minimum atomic E-state index is -2.74. The molecule has 1 atom stereocenters. The number of Topliss-reactive ketones (excluding diaryl/α,β-unsaturated/α-hetero) is 3. The van der Waals surface area contributed by atoms with E-state index in [0.29, 0.717) is 49.0 Å². The normalized spacial score (nSPS) is 10.1. The van der Waals surface area contributed by atoms with E-state index in [2.05, 4.69) is 161 Å². The SMILES string of the molecule is C.CC.CC(=O)C(C)C.CC(=O)C(C)C.CC(=O)C(C)C.CC(=O)SC(C)C.CC(C)C.CC(C)C.CC(C)C.CC(C)C.CC(C)C(=O)Nc1ccccc1N.CC(C)P(C)(=O)O.CC(C)n1ccc(=O)c(O)c1.CC(C)n1ccc(=S)c(O)c1.CCC(=O)NC(C)C.Cc1cccc2cccnc12.Cc1cccn(C(C)C)c1=O.Cc1cccn(C(C)C)c1=S.O=c1ccccn1O.On1ccccc1=S. The Labute approximate surface area is 884 Å². The van der Waals surface area contributed by atoms with Crippen LogP contribution in [0.5, 0.6) is 11.5 Å². The second kappa shape index (κ2) is 91.9. The fourth-order valence-corrected chi connectivity index (χ4v) is 8.67. The zero-order valence-corrected chi connectivity index (χ0v) is 99.5. The lowest BCUT2D eigenvalue weighted by Gasteiger charge is -2.11. The van der Waals surface area contributed by atoms with Gasteiger partial charge in [0.05, 0.1) is 27.6 Å². The van der Waals surface area contributed by atoms with Gasteiger partial charge in [0.15, 0.2) is 18.2 Å². The molecule has 0 aliphatic rings. The van der Waals surface area contributed by atoms with Gasteiger partial charge in [-0.25, -0.2) is 0 Å². The van der Waals surface area contributed by atoms with Gasteiger partial charge in [0.25, 0.3) is 11.1 Å². The molecule has 9 aromatic rings. The van der Waals surface area contributed by atoms with Gasteiger partial charge in [-0.2, -0.15) is 9.46 Å². The highest BCUT2D eigenvalue weighted by Crippen LogP contribution is 2.40. The molecule has 0 aliphatic heterocycles. The second-order valence-electron chi connectivity index (χ2n) is 38.1. The molecule has 25 nitrogen and oxygen atoms in total. The number of fused-ring (bicyclic) bond motifs is 1. The number of para-hydroxylation sites is 3. The Bertz CT molecular complexity index is 4990. The molecule has 0 saturated carbocycles. The molecule has 30 heteroatoms. The van der Waals surface area contributed by atoms with Crippen LogP contribution in [0.15, 0.2) is 198 Å². The molecule has 1 unspecified atom stereocenters. The van der Waals surface area contributed by atoms with E-state index in [1.807, 2.05) is 231 Å². The summed E-state index contributed by atoms with van der Waals surface area (Å²) in [6.07, 6.45) is 15.6. The third-order valence-corrected chi connectivity index (χ3v) is 20.2. The van der Waals surface area contributed by atoms with Crippen molar-refractivity contribution < 1.29 is 58.9 Å². The molecule has 0 aliphatic carbocycles. The van der Waals surface area contributed by atoms with E-state index in [1.54, 1.807) is 112 Å². The van der Waals surface area contributed by atoms with Gasteiger partial charge in [-0.3, -0.25) is 52.7 Å². The van der Waals surface area contributed by atoms with E-state index >= 15 is 0 Å². The van der Waals surface area contributed by atoms with Gasteiger partial charge >= 0.3 is 0 Å². The van der Waals surface area contributed by atoms with Crippen molar-refractivity contribution in [2.75, 3.05) is 17.7 Å². The van der Waals surface area contributed by atoms with Crippen LogP contribution in [0.1, 0.15) is 339 Å². The van der Waals surface area contributed by atoms with Gasteiger partial charge in [0.1, 0.15) is 32.4 Å². The number of aryl methyl sites for hydroxylation is 3. The number of amides is 2. The zero-order valence-electron chi connectivity index (χ0n) is 95.3. The van der Waals surface area contributed by atoms with Crippen LogP contribution in [0.4, 0.5) is 11.4 Å². The van der Waals surface area contributed by atoms with E-state index < -0.39 is 12.9 Å². The third kappa shape index (κ3) is 99.1. The molecule has 0 radical (unpaired) electrons. The predicted molar refractivity (Wildman–Crippen MR) is 622 cm³/mol. The van der Waals surface area contributed by atoms with E-state index in [4.69, 9.17) is 50.6 Å². The number of hydrogen-bond acceptors (Lipinski definition) is 20. The Morgan fingerprint density at radius 2 is 0.832 bits per heavy atom. The summed E-state index contributed by atoms with van der Waals surface area (Å²) in [5.41, 5.74) is 10.5. The standard InChI is InChI=1S/C10H14N2O.C10H9N.C9H13NO.C9H13NS.C8H11NO2.C8H11NOS.C6H13NO.C5H5NO2.C5H5NOS.C5H10OS.3C5H10O.C4H11O2P.4C4H10.C2H6.CH4/c1-7(2)10(13)12-9-6-4-3-5-8(9)11;1-8-4-2-5-9-6-3-7-11-10(8)9;2*1-7(2)10-6-4-5-8(3)9(10)11;1-6(2)9-4-3-7(10)8(11)5-9;1-6(2)9-4-3-8(11)7(10)5-9;1-4-6(8)7-5(2)3;7-5-3-1-2-4-6(5)8;7-6-4-2-1-3-5(6)8;1-4(2)7-5(3)6;3*1-4(2)5(3)6;1-4(2)7(3,5)6;4*1-4(2)3;1-2;/h3-7H,11H2,1-2H3,(H,12,13);2-7H,1H3;2*4-7H,1-3H3;3-6,11H,1-2H3;3-6,10H,1-2H3;5H,4H2,1-3H3,(H,7,8);1-4,8H;1-4,7H;4H,1-3H3;3*4H,1-3H3;4H,1-3H3,(H,5,6);4*4H,1-3H3;1-2H3;1H4. The Morgan fingerprint density at radius 3 is 1.11 bits per heavy atom. The first-order valence-electron chi connectivity index (χ1n) is 48.8. The number of hydrogen-bond donors (Lipinski definition) is 8. The van der Waals surface area contributed by atoms with Crippen molar-refractivity contribution in [1.82, 2.24) is 38.0 Å². The highest BCUT2D eigenvalue weighted by atomic mass is 32.2. The van der Waals surface area contributed by atoms with E-state index in [1.165, 1.54) is 65.7 Å². The summed E-state index contributed by atoms with van der Waals surface area (Å²) in [7, 11) is -2.74. The lowest BCUT2D eigenvalue weighted by molar-refractivity contribution is -0.121. The van der Waals surface area contributed by atoms with E-state index in [-0.39, 0.29) is 112 Å². The molecular formula is C113H195N10O15PS4. The van der Waals surface area contributed by atoms with Crippen LogP contribution in [0, 0.1) is 81.9 Å². The summed E-state index contributed by atoms with van der Waals surface area (Å²) >= 11 is 16.1. The molecular weight excluding hydrogens is 1900 g/mol. The molecule has 0 spiro atoms. The zero-order chi connectivity index (χ0) is 113. The highest BCUT2D eigenvalue weighted by molar-refractivity contribution is 8.14. The monoisotopic (exact) mass is 2090 g/mol. The van der Waals surface area contributed by atoms with Gasteiger partial charge in [0.2, 0.25) is 17.2 Å². The fourth-order valence-electron chi connectivity index (χ4n) is 7.41. The summed E-state index contributed by atoms with van der Waals surface area (Å²) in [5, 5.41) is 42.9. The molecule has 0 bridgehead atoms. The number of nitrogens with zero attached hydrogens (tertiary/aromatic N) is 7. The number of rotatable bonds is 13. The maximum atomic E-state index is 11.4. The molecule has 143 heavy (non-hydrogen) atoms. The number of pyridine rings is 7. The smallest absolute Gasteiger partial charge is 0.282 e. The molecule has 9 rings (SSSR count). The number of nitrogens with two attached hydrogens (primary N) is 1. The highest BCUT2D eigenvalue weighted by Gasteiger charge is 2.14. The molecule has 7 aromatic heterocycles. The fraction of sp³-hybridized carbons (Fsp3) is 0.549. The molecule has 7 heterocycles. The Kier molecular flexibility index (Phi) is 100. The van der Waals surface area contributed by atoms with Crippen molar-refractivity contribution in [3.63, 3.8) is 0 Å². The number of ketones is 3. The van der Waals surface area contributed by atoms with Crippen LogP contribution >= 0.6 is 55.8 Å². The largest absolute Gasteiger partial charge is 0.505 e. The van der Waals surface area contributed by atoms with Crippen LogP contribution in [-0.4, -0.2) is 116 Å². The molecule has 816 valence electrons. The number of carbonyl (C=O) groups excluding carboxylic acids is 6. The number of aromatic nitrogens is 7. The van der Waals surface area contributed by atoms with Gasteiger partial charge in [-0.05, 0) is 200 Å². The molecule has 0 fully saturated rings. The lowest BCUT2D eigenvalue weighted by atomic mass is 10.1. The number of nitrogens with one attached hydrogen (secondary N) is 2. The van der Waals surface area contributed by atoms with Crippen LogP contribution < -0.4 is 32.9 Å². The van der Waals surface area contributed by atoms with Crippen LogP contribution in [-0.2, 0) is 33.3 Å². The number of aromatic hydroxyl groups is 2. The van der Waals surface area contributed by atoms with Crippen molar-refractivity contribution in [1.29, 1.82) is 0 Å². The van der Waals surface area contributed by atoms with Crippen LogP contribution in [0.2, 0.25) is 0 Å². The molecule has 9 N–H and O–H groups in total. The van der Waals surface area contributed by atoms with Gasteiger partial charge in [0, 0.05) is 157 Å². The first kappa shape index (κ1) is 156.